The van der Waals surface area contributed by atoms with Gasteiger partial charge in [-0.25, -0.2) is 19.2 Å². The minimum Gasteiger partial charge on any atom is -0.478 e. The molecule has 0 rings (SSSR count). The van der Waals surface area contributed by atoms with Crippen molar-refractivity contribution in [3.05, 3.63) is 50.6 Å². The van der Waals surface area contributed by atoms with Gasteiger partial charge in [-0.2, -0.15) is 0 Å². The molecule has 0 radical (unpaired) electrons. The number of aliphatic hydroxyl groups is 3. The van der Waals surface area contributed by atoms with Crippen molar-refractivity contribution in [1.82, 2.24) is 0 Å². The van der Waals surface area contributed by atoms with Crippen LogP contribution in [-0.2, 0) is 33.4 Å². The molecule has 32 heavy (non-hydrogen) atoms. The maximum absolute atomic E-state index is 9.25. The standard InChI is InChI=1S/C6H14O6.4C3H4O2/c1-2-6(10-3-7,11-4-8)12-5-9;4*1-2-3(4)5/h7-9H,2-5H2,1H3;4*2H,1H2,(H,4,5). The van der Waals surface area contributed by atoms with E-state index in [1.165, 1.54) is 0 Å². The number of hydrogen-bond acceptors (Lipinski definition) is 10. The van der Waals surface area contributed by atoms with Gasteiger partial charge in [0.15, 0.2) is 0 Å². The summed E-state index contributed by atoms with van der Waals surface area (Å²) >= 11 is 0. The van der Waals surface area contributed by atoms with E-state index in [-0.39, 0.29) is 6.42 Å². The summed E-state index contributed by atoms with van der Waals surface area (Å²) in [6, 6.07) is 0. The first-order chi connectivity index (χ1) is 14.8. The van der Waals surface area contributed by atoms with E-state index in [0.29, 0.717) is 0 Å². The Kier molecular flexibility index (Phi) is 36.4. The Morgan fingerprint density at radius 1 is 0.625 bits per heavy atom. The van der Waals surface area contributed by atoms with Crippen LogP contribution >= 0.6 is 0 Å². The molecule has 0 unspecified atom stereocenters. The highest BCUT2D eigenvalue weighted by Crippen LogP contribution is 2.18. The minimum absolute atomic E-state index is 0.231. The van der Waals surface area contributed by atoms with Crippen LogP contribution < -0.4 is 0 Å². The normalized spacial score (nSPS) is 8.50. The second-order valence-corrected chi connectivity index (χ2v) is 4.03. The third kappa shape index (κ3) is 45.4. The average Bonchev–Trinajstić information content (AvgIpc) is 2.75. The Bertz CT molecular complexity index is 467. The number of rotatable bonds is 11. The predicted molar refractivity (Wildman–Crippen MR) is 109 cm³/mol. The van der Waals surface area contributed by atoms with Crippen LogP contribution in [0.15, 0.2) is 50.6 Å². The quantitative estimate of drug-likeness (QED) is 0.155. The highest BCUT2D eigenvalue weighted by Gasteiger charge is 2.31. The summed E-state index contributed by atoms with van der Waals surface area (Å²) in [6.07, 6.45) is 3.56. The van der Waals surface area contributed by atoms with Gasteiger partial charge in [-0.05, 0) is 0 Å². The topological polar surface area (TPSA) is 238 Å². The van der Waals surface area contributed by atoms with Crippen LogP contribution in [0.25, 0.3) is 0 Å². The van der Waals surface area contributed by atoms with Crippen molar-refractivity contribution in [2.24, 2.45) is 0 Å². The highest BCUT2D eigenvalue weighted by atomic mass is 16.9. The zero-order valence-electron chi connectivity index (χ0n) is 17.5. The lowest BCUT2D eigenvalue weighted by Crippen LogP contribution is -2.39. The average molecular weight is 470 g/mol. The van der Waals surface area contributed by atoms with Crippen molar-refractivity contribution in [1.29, 1.82) is 0 Å². The highest BCUT2D eigenvalue weighted by molar-refractivity contribution is 5.79. The number of aliphatic hydroxyl groups excluding tert-OH is 3. The first-order valence-corrected chi connectivity index (χ1v) is 7.99. The summed E-state index contributed by atoms with van der Waals surface area (Å²) in [4.78, 5) is 37.0. The molecule has 0 aromatic heterocycles. The third-order valence-electron chi connectivity index (χ3n) is 1.98. The van der Waals surface area contributed by atoms with Crippen molar-refractivity contribution < 1.29 is 69.1 Å². The lowest BCUT2D eigenvalue weighted by atomic mass is 10.4. The molecule has 186 valence electrons. The molecule has 0 spiro atoms. The molecule has 0 atom stereocenters. The monoisotopic (exact) mass is 470 g/mol. The molecule has 7 N–H and O–H groups in total. The lowest BCUT2D eigenvalue weighted by molar-refractivity contribution is -0.420. The number of carbonyl (C=O) groups is 4. The van der Waals surface area contributed by atoms with E-state index in [1.807, 2.05) is 0 Å². The number of aliphatic carboxylic acids is 4. The molecule has 0 aliphatic heterocycles. The van der Waals surface area contributed by atoms with Crippen molar-refractivity contribution in [3.8, 4) is 0 Å². The molecule has 0 aromatic carbocycles. The molecular formula is C18H30O14. The van der Waals surface area contributed by atoms with Crippen molar-refractivity contribution in [2.75, 3.05) is 20.4 Å². The van der Waals surface area contributed by atoms with E-state index < -0.39 is 50.2 Å². The summed E-state index contributed by atoms with van der Waals surface area (Å²) in [7, 11) is 0. The fourth-order valence-electron chi connectivity index (χ4n) is 0.726. The van der Waals surface area contributed by atoms with Crippen LogP contribution in [0.5, 0.6) is 0 Å². The van der Waals surface area contributed by atoms with Gasteiger partial charge in [0.25, 0.3) is 5.97 Å². The molecular weight excluding hydrogens is 440 g/mol. The molecule has 0 bridgehead atoms. The molecule has 0 aromatic rings. The zero-order valence-corrected chi connectivity index (χ0v) is 17.5. The zero-order chi connectivity index (χ0) is 26.6. The van der Waals surface area contributed by atoms with Crippen LogP contribution in [0.4, 0.5) is 0 Å². The Hall–Kier alpha value is -3.40. The van der Waals surface area contributed by atoms with Crippen molar-refractivity contribution >= 4 is 23.9 Å². The Morgan fingerprint density at radius 2 is 0.781 bits per heavy atom. The molecule has 0 amide bonds. The van der Waals surface area contributed by atoms with Gasteiger partial charge in [-0.3, -0.25) is 0 Å². The maximum Gasteiger partial charge on any atom is 0.327 e. The van der Waals surface area contributed by atoms with E-state index in [0.717, 1.165) is 24.3 Å². The molecule has 0 saturated carbocycles. The van der Waals surface area contributed by atoms with Crippen LogP contribution in [0, 0.1) is 0 Å². The number of hydrogen-bond donors (Lipinski definition) is 7. The van der Waals surface area contributed by atoms with Gasteiger partial charge in [-0.1, -0.05) is 33.2 Å². The summed E-state index contributed by atoms with van der Waals surface area (Å²) in [6.45, 7) is 11.6. The molecule has 0 heterocycles. The Labute approximate surface area is 184 Å². The molecule has 14 nitrogen and oxygen atoms in total. The first kappa shape index (κ1) is 39.1. The fourth-order valence-corrected chi connectivity index (χ4v) is 0.726. The molecule has 0 saturated heterocycles. The summed E-state index contributed by atoms with van der Waals surface area (Å²) in [5.41, 5.74) is 0. The van der Waals surface area contributed by atoms with E-state index in [9.17, 15) is 19.2 Å². The van der Waals surface area contributed by atoms with Gasteiger partial charge in [0.1, 0.15) is 20.4 Å². The summed E-state index contributed by atoms with van der Waals surface area (Å²) in [5, 5.41) is 55.7. The third-order valence-corrected chi connectivity index (χ3v) is 1.98. The van der Waals surface area contributed by atoms with E-state index in [1.54, 1.807) is 6.92 Å². The van der Waals surface area contributed by atoms with Gasteiger partial charge >= 0.3 is 23.9 Å². The van der Waals surface area contributed by atoms with Crippen LogP contribution in [0.3, 0.4) is 0 Å². The van der Waals surface area contributed by atoms with E-state index in [4.69, 9.17) is 35.7 Å². The van der Waals surface area contributed by atoms with Gasteiger partial charge in [0, 0.05) is 30.7 Å². The van der Waals surface area contributed by atoms with Gasteiger partial charge in [0.2, 0.25) is 0 Å². The number of carboxylic acid groups (broad SMARTS) is 4. The largest absolute Gasteiger partial charge is 0.478 e. The Balaban J connectivity index is -0.000000103. The van der Waals surface area contributed by atoms with Crippen molar-refractivity contribution in [2.45, 2.75) is 19.3 Å². The van der Waals surface area contributed by atoms with Crippen LogP contribution in [-0.4, -0.2) is 86.0 Å². The van der Waals surface area contributed by atoms with Crippen LogP contribution in [0.1, 0.15) is 13.3 Å². The molecule has 0 fully saturated rings. The van der Waals surface area contributed by atoms with E-state index in [2.05, 4.69) is 40.5 Å². The van der Waals surface area contributed by atoms with Gasteiger partial charge in [-0.15, -0.1) is 0 Å². The van der Waals surface area contributed by atoms with Crippen molar-refractivity contribution in [3.63, 3.8) is 0 Å². The SMILES string of the molecule is C=CC(=O)O.C=CC(=O)O.C=CC(=O)O.C=CC(=O)O.CCC(OCO)(OCO)OCO. The molecule has 0 aliphatic carbocycles. The molecule has 14 heteroatoms. The van der Waals surface area contributed by atoms with E-state index >= 15 is 0 Å². The van der Waals surface area contributed by atoms with Gasteiger partial charge in [0.05, 0.1) is 0 Å². The second-order valence-electron chi connectivity index (χ2n) is 4.03. The molecule has 0 aliphatic rings. The van der Waals surface area contributed by atoms with Crippen LogP contribution in [0.2, 0.25) is 0 Å². The first-order valence-electron chi connectivity index (χ1n) is 7.99. The lowest BCUT2D eigenvalue weighted by Gasteiger charge is -2.29. The predicted octanol–water partition coefficient (Wildman–Crippen LogP) is -0.0226. The fraction of sp³-hybridized carbons (Fsp3) is 0.333. The smallest absolute Gasteiger partial charge is 0.327 e. The second kappa shape index (κ2) is 29.8. The maximum atomic E-state index is 9.25. The summed E-state index contributed by atoms with van der Waals surface area (Å²) in [5.74, 6) is -5.48. The number of ether oxygens (including phenoxy) is 3. The number of carboxylic acids is 4. The summed E-state index contributed by atoms with van der Waals surface area (Å²) < 4.78 is 14.0. The minimum atomic E-state index is -1.56. The van der Waals surface area contributed by atoms with Gasteiger partial charge < -0.3 is 50.0 Å². The Morgan fingerprint density at radius 3 is 0.844 bits per heavy atom.